The normalized spacial score (nSPS) is 13.8. The van der Waals surface area contributed by atoms with Gasteiger partial charge in [0.2, 0.25) is 0 Å². The summed E-state index contributed by atoms with van der Waals surface area (Å²) < 4.78 is 40.1. The number of fused-ring (bicyclic) bond motifs is 1. The van der Waals surface area contributed by atoms with Gasteiger partial charge in [-0.15, -0.1) is 0 Å². The summed E-state index contributed by atoms with van der Waals surface area (Å²) in [5.74, 6) is 0.118. The van der Waals surface area contributed by atoms with Gasteiger partial charge >= 0.3 is 6.18 Å². The summed E-state index contributed by atoms with van der Waals surface area (Å²) in [7, 11) is 0. The molecule has 0 radical (unpaired) electrons. The molecule has 0 fully saturated rings. The number of para-hydroxylation sites is 2. The molecule has 0 aliphatic heterocycles. The van der Waals surface area contributed by atoms with Gasteiger partial charge in [-0.25, -0.2) is 4.98 Å². The molecule has 21 heavy (non-hydrogen) atoms. The van der Waals surface area contributed by atoms with Gasteiger partial charge in [-0.3, -0.25) is 0 Å². The number of hydrogen-bond donors (Lipinski definition) is 0. The minimum Gasteiger partial charge on any atom is -0.325 e. The van der Waals surface area contributed by atoms with Crippen LogP contribution in [0.15, 0.2) is 24.3 Å². The molecule has 1 unspecified atom stereocenters. The highest BCUT2D eigenvalue weighted by Gasteiger charge is 2.31. The second-order valence-electron chi connectivity index (χ2n) is 5.52. The van der Waals surface area contributed by atoms with Gasteiger partial charge in [0.1, 0.15) is 12.2 Å². The van der Waals surface area contributed by atoms with E-state index in [2.05, 4.69) is 11.9 Å². The van der Waals surface area contributed by atoms with Crippen LogP contribution in [0.2, 0.25) is 0 Å². The van der Waals surface area contributed by atoms with Crippen molar-refractivity contribution in [3.63, 3.8) is 0 Å². The van der Waals surface area contributed by atoms with Crippen LogP contribution in [0.5, 0.6) is 0 Å². The van der Waals surface area contributed by atoms with E-state index in [1.54, 1.807) is 16.7 Å². The first-order valence-corrected chi connectivity index (χ1v) is 7.45. The second-order valence-corrected chi connectivity index (χ2v) is 5.52. The van der Waals surface area contributed by atoms with Gasteiger partial charge in [-0.05, 0) is 25.5 Å². The third-order valence-electron chi connectivity index (χ3n) is 3.69. The average molecular weight is 298 g/mol. The Labute approximate surface area is 123 Å². The van der Waals surface area contributed by atoms with E-state index in [1.807, 2.05) is 19.1 Å². The monoisotopic (exact) mass is 298 g/mol. The molecule has 1 atom stereocenters. The average Bonchev–Trinajstić information content (AvgIpc) is 2.74. The highest BCUT2D eigenvalue weighted by Crippen LogP contribution is 2.28. The van der Waals surface area contributed by atoms with Gasteiger partial charge in [0.05, 0.1) is 11.0 Å². The molecule has 0 aliphatic rings. The maximum Gasteiger partial charge on any atom is 0.396 e. The Hall–Kier alpha value is -1.52. The molecular formula is C16H21F3N2. The van der Waals surface area contributed by atoms with Gasteiger partial charge in [0.15, 0.2) is 0 Å². The van der Waals surface area contributed by atoms with Crippen molar-refractivity contribution in [2.75, 3.05) is 0 Å². The summed E-state index contributed by atoms with van der Waals surface area (Å²) in [6.07, 6.45) is -1.10. The van der Waals surface area contributed by atoms with Crippen LogP contribution < -0.4 is 0 Å². The van der Waals surface area contributed by atoms with E-state index in [0.717, 1.165) is 31.2 Å². The van der Waals surface area contributed by atoms with Crippen LogP contribution in [0.1, 0.15) is 51.4 Å². The summed E-state index contributed by atoms with van der Waals surface area (Å²) >= 11 is 0. The smallest absolute Gasteiger partial charge is 0.325 e. The van der Waals surface area contributed by atoms with Gasteiger partial charge in [0.25, 0.3) is 0 Å². The molecule has 1 aromatic heterocycles. The molecule has 2 aromatic rings. The van der Waals surface area contributed by atoms with Crippen molar-refractivity contribution in [1.29, 1.82) is 0 Å². The Bertz CT molecular complexity index is 587. The Kier molecular flexibility index (Phi) is 4.91. The van der Waals surface area contributed by atoms with Gasteiger partial charge in [-0.2, -0.15) is 13.2 Å². The zero-order valence-electron chi connectivity index (χ0n) is 12.5. The summed E-state index contributed by atoms with van der Waals surface area (Å²) in [4.78, 5) is 4.19. The predicted octanol–water partition coefficient (Wildman–Crippen LogP) is 5.28. The molecule has 116 valence electrons. The van der Waals surface area contributed by atoms with E-state index in [1.165, 1.54) is 0 Å². The number of aromatic nitrogens is 2. The van der Waals surface area contributed by atoms with Crippen LogP contribution in [0.3, 0.4) is 0 Å². The van der Waals surface area contributed by atoms with Crippen molar-refractivity contribution >= 4 is 11.0 Å². The lowest BCUT2D eigenvalue weighted by molar-refractivity contribution is -0.129. The van der Waals surface area contributed by atoms with Crippen LogP contribution in [0.25, 0.3) is 11.0 Å². The summed E-state index contributed by atoms with van der Waals surface area (Å²) in [6.45, 7) is 4.09. The molecule has 2 rings (SSSR count). The molecule has 0 aliphatic carbocycles. The van der Waals surface area contributed by atoms with E-state index < -0.39 is 12.6 Å². The van der Waals surface area contributed by atoms with Gasteiger partial charge in [0, 0.05) is 6.04 Å². The fourth-order valence-corrected chi connectivity index (χ4v) is 2.71. The Morgan fingerprint density at radius 3 is 2.57 bits per heavy atom. The molecule has 0 saturated heterocycles. The van der Waals surface area contributed by atoms with E-state index in [-0.39, 0.29) is 11.9 Å². The lowest BCUT2D eigenvalue weighted by Gasteiger charge is -2.18. The minimum atomic E-state index is -4.23. The topological polar surface area (TPSA) is 17.8 Å². The van der Waals surface area contributed by atoms with Gasteiger partial charge in [-0.1, -0.05) is 38.3 Å². The highest BCUT2D eigenvalue weighted by molar-refractivity contribution is 5.76. The number of unbranched alkanes of at least 4 members (excludes halogenated alkanes) is 2. The van der Waals surface area contributed by atoms with Crippen LogP contribution in [-0.4, -0.2) is 15.7 Å². The van der Waals surface area contributed by atoms with Gasteiger partial charge < -0.3 is 4.57 Å². The number of hydrogen-bond acceptors (Lipinski definition) is 1. The van der Waals surface area contributed by atoms with Crippen molar-refractivity contribution in [2.24, 2.45) is 0 Å². The minimum absolute atomic E-state index is 0.0290. The zero-order valence-corrected chi connectivity index (χ0v) is 12.5. The molecule has 0 N–H and O–H groups in total. The fourth-order valence-electron chi connectivity index (χ4n) is 2.71. The largest absolute Gasteiger partial charge is 0.396 e. The van der Waals surface area contributed by atoms with Crippen molar-refractivity contribution < 1.29 is 13.2 Å². The van der Waals surface area contributed by atoms with Crippen LogP contribution in [-0.2, 0) is 6.42 Å². The zero-order chi connectivity index (χ0) is 15.5. The van der Waals surface area contributed by atoms with E-state index in [0.29, 0.717) is 5.52 Å². The number of imidazole rings is 1. The summed E-state index contributed by atoms with van der Waals surface area (Å²) in [5.41, 5.74) is 1.43. The SMILES string of the molecule is CCCCCC(C)n1c(CC(F)(F)F)nc2ccccc21. The number of rotatable bonds is 6. The number of benzene rings is 1. The quantitative estimate of drug-likeness (QED) is 0.663. The molecule has 2 nitrogen and oxygen atoms in total. The molecule has 0 amide bonds. The van der Waals surface area contributed by atoms with Crippen molar-refractivity contribution in [2.45, 2.75) is 58.2 Å². The Morgan fingerprint density at radius 2 is 1.90 bits per heavy atom. The first kappa shape index (κ1) is 15.9. The van der Waals surface area contributed by atoms with Crippen molar-refractivity contribution in [3.8, 4) is 0 Å². The Morgan fingerprint density at radius 1 is 1.19 bits per heavy atom. The number of alkyl halides is 3. The lowest BCUT2D eigenvalue weighted by Crippen LogP contribution is -2.18. The molecule has 0 bridgehead atoms. The highest BCUT2D eigenvalue weighted by atomic mass is 19.4. The maximum absolute atomic E-state index is 12.8. The first-order valence-electron chi connectivity index (χ1n) is 7.45. The third kappa shape index (κ3) is 3.99. The van der Waals surface area contributed by atoms with Crippen LogP contribution in [0.4, 0.5) is 13.2 Å². The third-order valence-corrected chi connectivity index (χ3v) is 3.69. The molecule has 1 heterocycles. The fraction of sp³-hybridized carbons (Fsp3) is 0.562. The number of nitrogens with zero attached hydrogens (tertiary/aromatic N) is 2. The molecule has 5 heteroatoms. The predicted molar refractivity (Wildman–Crippen MR) is 78.3 cm³/mol. The lowest BCUT2D eigenvalue weighted by atomic mass is 10.1. The number of halogens is 3. The summed E-state index contributed by atoms with van der Waals surface area (Å²) in [6, 6.07) is 7.29. The first-order chi connectivity index (χ1) is 9.92. The molecule has 1 aromatic carbocycles. The van der Waals surface area contributed by atoms with Crippen molar-refractivity contribution in [3.05, 3.63) is 30.1 Å². The standard InChI is InChI=1S/C16H21F3N2/c1-3-4-5-8-12(2)21-14-10-7-6-9-13(14)20-15(21)11-16(17,18)19/h6-7,9-10,12H,3-5,8,11H2,1-2H3. The summed E-state index contributed by atoms with van der Waals surface area (Å²) in [5, 5.41) is 0. The van der Waals surface area contributed by atoms with E-state index in [4.69, 9.17) is 0 Å². The van der Waals surface area contributed by atoms with Crippen LogP contribution >= 0.6 is 0 Å². The maximum atomic E-state index is 12.8. The second kappa shape index (κ2) is 6.50. The van der Waals surface area contributed by atoms with Crippen LogP contribution in [0, 0.1) is 0 Å². The van der Waals surface area contributed by atoms with Crippen molar-refractivity contribution in [1.82, 2.24) is 9.55 Å². The van der Waals surface area contributed by atoms with E-state index in [9.17, 15) is 13.2 Å². The van der Waals surface area contributed by atoms with E-state index >= 15 is 0 Å². The molecule has 0 saturated carbocycles. The molecule has 0 spiro atoms. The molecular weight excluding hydrogens is 277 g/mol. The Balaban J connectivity index is 2.35.